The number of primary amides is 1. The molecule has 2 heterocycles. The second-order valence-electron chi connectivity index (χ2n) is 5.54. The summed E-state index contributed by atoms with van der Waals surface area (Å²) in [5, 5.41) is 3.32. The van der Waals surface area contributed by atoms with Gasteiger partial charge in [-0.2, -0.15) is 0 Å². The van der Waals surface area contributed by atoms with Gasteiger partial charge in [-0.15, -0.1) is 0 Å². The number of aryl methyl sites for hydroxylation is 1. The van der Waals surface area contributed by atoms with Crippen LogP contribution in [0.1, 0.15) is 38.0 Å². The molecule has 3 N–H and O–H groups in total. The highest BCUT2D eigenvalue weighted by Gasteiger charge is 2.29. The molecule has 0 saturated heterocycles. The van der Waals surface area contributed by atoms with Gasteiger partial charge in [0.25, 0.3) is 0 Å². The van der Waals surface area contributed by atoms with Crippen molar-refractivity contribution in [3.8, 4) is 0 Å². The minimum absolute atomic E-state index is 0.263. The van der Waals surface area contributed by atoms with E-state index in [9.17, 15) is 4.79 Å². The van der Waals surface area contributed by atoms with E-state index in [2.05, 4.69) is 21.8 Å². The summed E-state index contributed by atoms with van der Waals surface area (Å²) in [6.45, 7) is 8.29. The first-order valence-corrected chi connectivity index (χ1v) is 6.53. The molecule has 0 unspecified atom stereocenters. The Bertz CT molecular complexity index is 462. The Morgan fingerprint density at radius 2 is 2.28 bits per heavy atom. The first-order chi connectivity index (χ1) is 8.45. The lowest BCUT2D eigenvalue weighted by atomic mass is 9.92. The number of fused-ring (bicyclic) bond motifs is 1. The molecular formula is C13H22N4O. The van der Waals surface area contributed by atoms with Crippen LogP contribution in [0.25, 0.3) is 0 Å². The van der Waals surface area contributed by atoms with Crippen molar-refractivity contribution in [2.45, 2.75) is 46.7 Å². The lowest BCUT2D eigenvalue weighted by Gasteiger charge is -2.24. The maximum atomic E-state index is 11.5. The van der Waals surface area contributed by atoms with Gasteiger partial charge < -0.3 is 15.6 Å². The highest BCUT2D eigenvalue weighted by atomic mass is 16.1. The molecule has 0 bridgehead atoms. The van der Waals surface area contributed by atoms with E-state index in [0.29, 0.717) is 6.54 Å². The first kappa shape index (κ1) is 13.1. The molecular weight excluding hydrogens is 228 g/mol. The number of rotatable bonds is 4. The third-order valence-corrected chi connectivity index (χ3v) is 3.60. The predicted octanol–water partition coefficient (Wildman–Crippen LogP) is 0.603. The summed E-state index contributed by atoms with van der Waals surface area (Å²) in [7, 11) is 0. The normalized spacial score (nSPS) is 15.5. The molecule has 0 aliphatic carbocycles. The monoisotopic (exact) mass is 250 g/mol. The summed E-state index contributed by atoms with van der Waals surface area (Å²) in [6, 6.07) is 0. The quantitative estimate of drug-likeness (QED) is 0.822. The highest BCUT2D eigenvalue weighted by molar-refractivity contribution is 5.79. The van der Waals surface area contributed by atoms with E-state index < -0.39 is 5.41 Å². The van der Waals surface area contributed by atoms with Gasteiger partial charge >= 0.3 is 0 Å². The average molecular weight is 250 g/mol. The topological polar surface area (TPSA) is 72.9 Å². The lowest BCUT2D eigenvalue weighted by Crippen LogP contribution is -2.36. The van der Waals surface area contributed by atoms with E-state index in [1.165, 1.54) is 5.69 Å². The van der Waals surface area contributed by atoms with Gasteiger partial charge in [0.2, 0.25) is 5.91 Å². The third kappa shape index (κ3) is 2.27. The number of carbonyl (C=O) groups is 1. The number of aromatic nitrogens is 2. The van der Waals surface area contributed by atoms with Crippen molar-refractivity contribution >= 4 is 5.91 Å². The molecule has 5 nitrogen and oxygen atoms in total. The van der Waals surface area contributed by atoms with E-state index >= 15 is 0 Å². The number of nitrogens with one attached hydrogen (secondary N) is 1. The number of hydrogen-bond donors (Lipinski definition) is 2. The molecule has 1 aromatic heterocycles. The zero-order valence-electron chi connectivity index (χ0n) is 11.4. The van der Waals surface area contributed by atoms with Crippen LogP contribution >= 0.6 is 0 Å². The van der Waals surface area contributed by atoms with Gasteiger partial charge in [0.1, 0.15) is 5.82 Å². The molecule has 1 aromatic rings. The fourth-order valence-corrected chi connectivity index (χ4v) is 2.36. The summed E-state index contributed by atoms with van der Waals surface area (Å²) >= 11 is 0. The number of nitrogens with two attached hydrogens (primary N) is 1. The number of hydrogen-bond acceptors (Lipinski definition) is 3. The second-order valence-corrected chi connectivity index (χ2v) is 5.54. The van der Waals surface area contributed by atoms with Crippen LogP contribution in [0.4, 0.5) is 0 Å². The van der Waals surface area contributed by atoms with Crippen LogP contribution in [-0.4, -0.2) is 22.0 Å². The number of imidazole rings is 1. The smallest absolute Gasteiger partial charge is 0.224 e. The van der Waals surface area contributed by atoms with Gasteiger partial charge in [-0.25, -0.2) is 4.98 Å². The predicted molar refractivity (Wildman–Crippen MR) is 70.0 cm³/mol. The largest absolute Gasteiger partial charge is 0.369 e. The molecule has 0 saturated carbocycles. The van der Waals surface area contributed by atoms with Crippen LogP contribution in [-0.2, 0) is 30.7 Å². The summed E-state index contributed by atoms with van der Waals surface area (Å²) in [4.78, 5) is 16.2. The van der Waals surface area contributed by atoms with Crippen LogP contribution in [0, 0.1) is 5.41 Å². The summed E-state index contributed by atoms with van der Waals surface area (Å²) in [5.41, 5.74) is 7.32. The van der Waals surface area contributed by atoms with Crippen LogP contribution in [0.5, 0.6) is 0 Å². The molecule has 0 spiro atoms. The van der Waals surface area contributed by atoms with E-state index in [4.69, 9.17) is 5.73 Å². The molecule has 1 aliphatic rings. The fraction of sp³-hybridized carbons (Fsp3) is 0.692. The maximum Gasteiger partial charge on any atom is 0.224 e. The summed E-state index contributed by atoms with van der Waals surface area (Å²) in [6.07, 6.45) is 1.85. The number of nitrogens with zero attached hydrogens (tertiary/aromatic N) is 2. The maximum absolute atomic E-state index is 11.5. The Morgan fingerprint density at radius 3 is 2.89 bits per heavy atom. The van der Waals surface area contributed by atoms with Crippen LogP contribution in [0.3, 0.4) is 0 Å². The Morgan fingerprint density at radius 1 is 1.56 bits per heavy atom. The zero-order valence-corrected chi connectivity index (χ0v) is 11.4. The van der Waals surface area contributed by atoms with Gasteiger partial charge in [0, 0.05) is 38.2 Å². The van der Waals surface area contributed by atoms with Gasteiger partial charge in [-0.3, -0.25) is 4.79 Å². The average Bonchev–Trinajstić information content (AvgIpc) is 2.67. The molecule has 0 radical (unpaired) electrons. The Kier molecular flexibility index (Phi) is 3.43. The number of amides is 1. The van der Waals surface area contributed by atoms with Crippen molar-refractivity contribution in [1.29, 1.82) is 0 Å². The summed E-state index contributed by atoms with van der Waals surface area (Å²) in [5.74, 6) is 0.791. The van der Waals surface area contributed by atoms with Gasteiger partial charge in [0.15, 0.2) is 0 Å². The Balaban J connectivity index is 2.37. The van der Waals surface area contributed by atoms with Crippen molar-refractivity contribution in [1.82, 2.24) is 14.9 Å². The van der Waals surface area contributed by atoms with E-state index in [1.54, 1.807) is 0 Å². The Hall–Kier alpha value is -1.36. The zero-order chi connectivity index (χ0) is 13.3. The van der Waals surface area contributed by atoms with Gasteiger partial charge in [-0.1, -0.05) is 6.92 Å². The molecule has 1 amide bonds. The van der Waals surface area contributed by atoms with Crippen molar-refractivity contribution in [2.75, 3.05) is 6.54 Å². The van der Waals surface area contributed by atoms with E-state index in [-0.39, 0.29) is 5.91 Å². The minimum Gasteiger partial charge on any atom is -0.369 e. The second kappa shape index (κ2) is 4.72. The fourth-order valence-electron chi connectivity index (χ4n) is 2.36. The van der Waals surface area contributed by atoms with Crippen molar-refractivity contribution in [2.24, 2.45) is 11.1 Å². The van der Waals surface area contributed by atoms with Crippen LogP contribution in [0.2, 0.25) is 0 Å². The third-order valence-electron chi connectivity index (χ3n) is 3.60. The molecule has 5 heteroatoms. The Labute approximate surface area is 108 Å². The summed E-state index contributed by atoms with van der Waals surface area (Å²) < 4.78 is 2.20. The standard InChI is InChI=1S/C13H22N4O/c1-4-11-16-9-7-15-6-5-10(9)17(11)8-13(2,3)12(14)18/h15H,4-8H2,1-3H3,(H2,14,18). The van der Waals surface area contributed by atoms with Gasteiger partial charge in [0.05, 0.1) is 11.1 Å². The lowest BCUT2D eigenvalue weighted by molar-refractivity contribution is -0.126. The molecule has 0 fully saturated rings. The van der Waals surface area contributed by atoms with Crippen molar-refractivity contribution < 1.29 is 4.79 Å². The van der Waals surface area contributed by atoms with E-state index in [0.717, 1.165) is 37.4 Å². The molecule has 0 aromatic carbocycles. The van der Waals surface area contributed by atoms with Crippen LogP contribution < -0.4 is 11.1 Å². The minimum atomic E-state index is -0.538. The van der Waals surface area contributed by atoms with Crippen molar-refractivity contribution in [3.63, 3.8) is 0 Å². The highest BCUT2D eigenvalue weighted by Crippen LogP contribution is 2.23. The first-order valence-electron chi connectivity index (χ1n) is 6.53. The molecule has 18 heavy (non-hydrogen) atoms. The molecule has 1 aliphatic heterocycles. The van der Waals surface area contributed by atoms with Crippen molar-refractivity contribution in [3.05, 3.63) is 17.2 Å². The SMILES string of the molecule is CCc1nc2c(n1CC(C)(C)C(N)=O)CCNC2. The van der Waals surface area contributed by atoms with E-state index in [1.807, 2.05) is 13.8 Å². The molecule has 0 atom stereocenters. The number of carbonyl (C=O) groups excluding carboxylic acids is 1. The van der Waals surface area contributed by atoms with Gasteiger partial charge in [-0.05, 0) is 13.8 Å². The molecule has 100 valence electrons. The molecule has 2 rings (SSSR count). The van der Waals surface area contributed by atoms with Crippen LogP contribution in [0.15, 0.2) is 0 Å².